The molecule has 4 nitrogen and oxygen atoms in total. The first-order valence-electron chi connectivity index (χ1n) is 8.64. The average Bonchev–Trinajstić information content (AvgIpc) is 2.43. The Balaban J connectivity index is -0.00000180. The van der Waals surface area contributed by atoms with Gasteiger partial charge in [0.1, 0.15) is 0 Å². The van der Waals surface area contributed by atoms with Gasteiger partial charge in [0.25, 0.3) is 0 Å². The third-order valence-corrected chi connectivity index (χ3v) is 3.65. The molecule has 0 aliphatic rings. The minimum atomic E-state index is -0.664. The molecule has 0 saturated carbocycles. The molecular weight excluding hydrogens is 278 g/mol. The molecular formula is C18H39NO3. The molecule has 0 aliphatic carbocycles. The number of rotatable bonds is 15. The first kappa shape index (κ1) is 26.0. The van der Waals surface area contributed by atoms with E-state index in [1.807, 2.05) is 0 Å². The number of quaternary nitrogens is 1. The molecule has 0 aromatic carbocycles. The summed E-state index contributed by atoms with van der Waals surface area (Å²) in [6.45, 7) is 2.26. The lowest BCUT2D eigenvalue weighted by Crippen LogP contribution is -1.93. The number of aliphatic carboxylic acids is 1. The Morgan fingerprint density at radius 2 is 1.18 bits per heavy atom. The summed E-state index contributed by atoms with van der Waals surface area (Å²) in [6, 6.07) is 0. The average molecular weight is 318 g/mol. The van der Waals surface area contributed by atoms with Gasteiger partial charge in [-0.1, -0.05) is 70.4 Å². The van der Waals surface area contributed by atoms with Crippen LogP contribution in [0.2, 0.25) is 0 Å². The van der Waals surface area contributed by atoms with Crippen molar-refractivity contribution in [1.29, 1.82) is 0 Å². The second kappa shape index (κ2) is 22.4. The van der Waals surface area contributed by atoms with Crippen LogP contribution < -0.4 is 6.15 Å². The van der Waals surface area contributed by atoms with Crippen LogP contribution in [0, 0.1) is 0 Å². The fraction of sp³-hybridized carbons (Fsp3) is 0.833. The monoisotopic (exact) mass is 317 g/mol. The summed E-state index contributed by atoms with van der Waals surface area (Å²) >= 11 is 0. The maximum absolute atomic E-state index is 10.3. The Morgan fingerprint density at radius 1 is 0.773 bits per heavy atom. The van der Waals surface area contributed by atoms with Crippen molar-refractivity contribution in [2.24, 2.45) is 0 Å². The van der Waals surface area contributed by atoms with Gasteiger partial charge in [-0.3, -0.25) is 4.79 Å². The maximum atomic E-state index is 10.3. The van der Waals surface area contributed by atoms with Crippen LogP contribution in [0.15, 0.2) is 12.2 Å². The van der Waals surface area contributed by atoms with Gasteiger partial charge in [0.2, 0.25) is 0 Å². The van der Waals surface area contributed by atoms with Gasteiger partial charge in [-0.15, -0.1) is 0 Å². The van der Waals surface area contributed by atoms with Crippen molar-refractivity contribution in [2.75, 3.05) is 0 Å². The fourth-order valence-corrected chi connectivity index (χ4v) is 2.35. The first-order chi connectivity index (χ1) is 9.77. The third kappa shape index (κ3) is 24.2. The Labute approximate surface area is 137 Å². The Bertz CT molecular complexity index is 242. The highest BCUT2D eigenvalue weighted by Gasteiger charge is 1.95. The molecule has 0 bridgehead atoms. The topological polar surface area (TPSA) is 104 Å². The van der Waals surface area contributed by atoms with Crippen molar-refractivity contribution in [1.82, 2.24) is 6.15 Å². The Hall–Kier alpha value is -0.870. The Kier molecular flexibility index (Phi) is 26.5. The van der Waals surface area contributed by atoms with Crippen LogP contribution >= 0.6 is 0 Å². The summed E-state index contributed by atoms with van der Waals surface area (Å²) < 4.78 is 0. The second-order valence-corrected chi connectivity index (χ2v) is 5.73. The number of carboxylic acid groups (broad SMARTS) is 1. The van der Waals surface area contributed by atoms with Gasteiger partial charge in [-0.2, -0.15) is 0 Å². The zero-order valence-corrected chi connectivity index (χ0v) is 14.9. The highest BCUT2D eigenvalue weighted by molar-refractivity contribution is 5.66. The first-order valence-corrected chi connectivity index (χ1v) is 8.64. The van der Waals surface area contributed by atoms with E-state index in [9.17, 15) is 4.79 Å². The number of unbranched alkanes of at least 4 members (excludes halogenated alkanes) is 11. The molecule has 4 heteroatoms. The van der Waals surface area contributed by atoms with Gasteiger partial charge >= 0.3 is 5.97 Å². The van der Waals surface area contributed by atoms with Gasteiger partial charge in [-0.25, -0.2) is 0 Å². The number of hydrogen-bond donors (Lipinski definition) is 2. The smallest absolute Gasteiger partial charge is 0.303 e. The van der Waals surface area contributed by atoms with E-state index in [4.69, 9.17) is 5.11 Å². The van der Waals surface area contributed by atoms with E-state index in [1.165, 1.54) is 70.6 Å². The van der Waals surface area contributed by atoms with E-state index < -0.39 is 5.97 Å². The van der Waals surface area contributed by atoms with Crippen molar-refractivity contribution in [2.45, 2.75) is 96.8 Å². The lowest BCUT2D eigenvalue weighted by atomic mass is 10.1. The quantitative estimate of drug-likeness (QED) is 0.273. The fourth-order valence-electron chi connectivity index (χ4n) is 2.35. The molecule has 0 radical (unpaired) electrons. The molecule has 0 amide bonds. The summed E-state index contributed by atoms with van der Waals surface area (Å²) in [5.74, 6) is -0.664. The molecule has 0 unspecified atom stereocenters. The summed E-state index contributed by atoms with van der Waals surface area (Å²) in [5, 5.41) is 8.51. The van der Waals surface area contributed by atoms with Crippen molar-refractivity contribution in [3.8, 4) is 0 Å². The molecule has 134 valence electrons. The molecule has 0 fully saturated rings. The lowest BCUT2D eigenvalue weighted by Gasteiger charge is -1.99. The highest BCUT2D eigenvalue weighted by Crippen LogP contribution is 2.09. The molecule has 0 aliphatic heterocycles. The van der Waals surface area contributed by atoms with Crippen LogP contribution in [0.5, 0.6) is 0 Å². The normalized spacial score (nSPS) is 10.2. The van der Waals surface area contributed by atoms with E-state index >= 15 is 0 Å². The molecule has 0 aromatic heterocycles. The summed E-state index contributed by atoms with van der Waals surface area (Å²) in [4.78, 5) is 10.3. The standard InChI is InChI=1S/C18H34O2.H3N.H2O/c1-2-3-4-5-6-7-8-9-10-11-12-13-14-15-16-17-18(19)20;;/h9-10H,2-8,11-17H2,1H3,(H,19,20);1H3;1H2. The molecule has 0 spiro atoms. The largest absolute Gasteiger partial charge is 0.870 e. The van der Waals surface area contributed by atoms with E-state index in [0.29, 0.717) is 6.42 Å². The number of allylic oxidation sites excluding steroid dienone is 2. The van der Waals surface area contributed by atoms with Crippen LogP contribution in [0.4, 0.5) is 0 Å². The number of carboxylic acids is 1. The van der Waals surface area contributed by atoms with Gasteiger partial charge in [0.05, 0.1) is 0 Å². The highest BCUT2D eigenvalue weighted by atomic mass is 16.4. The number of hydrogen-bond acceptors (Lipinski definition) is 2. The van der Waals surface area contributed by atoms with Crippen LogP contribution in [-0.2, 0) is 4.79 Å². The molecule has 0 rings (SSSR count). The zero-order valence-electron chi connectivity index (χ0n) is 14.9. The minimum Gasteiger partial charge on any atom is -0.870 e. The van der Waals surface area contributed by atoms with Crippen molar-refractivity contribution >= 4 is 5.97 Å². The van der Waals surface area contributed by atoms with E-state index in [0.717, 1.165) is 12.8 Å². The van der Waals surface area contributed by atoms with Crippen molar-refractivity contribution in [3.63, 3.8) is 0 Å². The van der Waals surface area contributed by atoms with Crippen LogP contribution in [0.1, 0.15) is 96.8 Å². The van der Waals surface area contributed by atoms with Crippen molar-refractivity contribution in [3.05, 3.63) is 12.2 Å². The van der Waals surface area contributed by atoms with Crippen LogP contribution in [0.3, 0.4) is 0 Å². The van der Waals surface area contributed by atoms with Gasteiger partial charge in [0, 0.05) is 6.42 Å². The van der Waals surface area contributed by atoms with Crippen LogP contribution in [0.25, 0.3) is 0 Å². The SMILES string of the molecule is CCCCCCCCC=CCCCCCCCC(=O)O.[NH4+].[OH-]. The minimum absolute atomic E-state index is 0. The van der Waals surface area contributed by atoms with E-state index in [1.54, 1.807) is 0 Å². The van der Waals surface area contributed by atoms with E-state index in [2.05, 4.69) is 19.1 Å². The molecule has 0 aromatic rings. The third-order valence-electron chi connectivity index (χ3n) is 3.65. The maximum Gasteiger partial charge on any atom is 0.303 e. The van der Waals surface area contributed by atoms with Crippen LogP contribution in [-0.4, -0.2) is 16.6 Å². The molecule has 6 N–H and O–H groups in total. The second-order valence-electron chi connectivity index (χ2n) is 5.73. The van der Waals surface area contributed by atoms with Gasteiger partial charge < -0.3 is 16.7 Å². The van der Waals surface area contributed by atoms with Gasteiger partial charge in [0.15, 0.2) is 0 Å². The summed E-state index contributed by atoms with van der Waals surface area (Å²) in [5.41, 5.74) is 0. The lowest BCUT2D eigenvalue weighted by molar-refractivity contribution is -0.137. The van der Waals surface area contributed by atoms with Crippen molar-refractivity contribution < 1.29 is 15.4 Å². The molecule has 22 heavy (non-hydrogen) atoms. The molecule has 0 saturated heterocycles. The Morgan fingerprint density at radius 3 is 1.64 bits per heavy atom. The molecule has 0 atom stereocenters. The summed E-state index contributed by atoms with van der Waals surface area (Å²) in [6.07, 6.45) is 21.2. The summed E-state index contributed by atoms with van der Waals surface area (Å²) in [7, 11) is 0. The zero-order chi connectivity index (χ0) is 14.9. The van der Waals surface area contributed by atoms with E-state index in [-0.39, 0.29) is 11.6 Å². The molecule has 0 heterocycles. The predicted molar refractivity (Wildman–Crippen MR) is 95.0 cm³/mol. The number of carbonyl (C=O) groups is 1. The van der Waals surface area contributed by atoms with Gasteiger partial charge in [-0.05, 0) is 32.1 Å². The predicted octanol–water partition coefficient (Wildman–Crippen LogP) is 6.31.